The van der Waals surface area contributed by atoms with E-state index in [1.807, 2.05) is 0 Å². The first-order chi connectivity index (χ1) is 26.4. The van der Waals surface area contributed by atoms with Crippen LogP contribution in [0.2, 0.25) is 19.6 Å². The average Bonchev–Trinajstić information content (AvgIpc) is 3.23. The van der Waals surface area contributed by atoms with Crippen LogP contribution in [0.3, 0.4) is 0 Å². The van der Waals surface area contributed by atoms with Gasteiger partial charge in [0.05, 0.1) is 8.07 Å². The van der Waals surface area contributed by atoms with Gasteiger partial charge in [0.25, 0.3) is 0 Å². The van der Waals surface area contributed by atoms with Crippen molar-refractivity contribution in [3.8, 4) is 33.4 Å². The third-order valence-corrected chi connectivity index (χ3v) is 12.1. The van der Waals surface area contributed by atoms with E-state index in [0.717, 1.165) is 28.4 Å². The molecule has 8 rings (SSSR count). The van der Waals surface area contributed by atoms with Crippen LogP contribution in [0.4, 0.5) is 34.1 Å². The summed E-state index contributed by atoms with van der Waals surface area (Å²) in [5.41, 5.74) is 14.0. The second kappa shape index (κ2) is 15.3. The standard InChI is InChI=1S/C51H44N2Si/c1-54(2,3)51-37-35-50(36-38-51)53(46-17-11-6-12-18-46)49-33-27-44(28-34-49)41-21-19-40(20-22-41)43-25-31-48(32-26-43)52(45-15-9-5-10-16-45)47-29-23-42(24-30-47)39-13-7-4-8-14-39/h4-38H,1-3H3. The number of rotatable bonds is 10. The Hall–Kier alpha value is -6.42. The zero-order valence-corrected chi connectivity index (χ0v) is 32.1. The monoisotopic (exact) mass is 712 g/mol. The van der Waals surface area contributed by atoms with Crippen LogP contribution in [0.1, 0.15) is 0 Å². The molecule has 0 unspecified atom stereocenters. The minimum atomic E-state index is -1.38. The summed E-state index contributed by atoms with van der Waals surface area (Å²) < 4.78 is 0. The van der Waals surface area contributed by atoms with Gasteiger partial charge in [0, 0.05) is 34.1 Å². The van der Waals surface area contributed by atoms with Crippen LogP contribution in [0.25, 0.3) is 33.4 Å². The highest BCUT2D eigenvalue weighted by Gasteiger charge is 2.18. The molecule has 0 saturated heterocycles. The van der Waals surface area contributed by atoms with Crippen LogP contribution in [0.5, 0.6) is 0 Å². The largest absolute Gasteiger partial charge is 0.311 e. The Bertz CT molecular complexity index is 2400. The molecular weight excluding hydrogens is 669 g/mol. The molecule has 0 atom stereocenters. The van der Waals surface area contributed by atoms with Crippen molar-refractivity contribution in [2.45, 2.75) is 19.6 Å². The van der Waals surface area contributed by atoms with E-state index in [4.69, 9.17) is 0 Å². The maximum atomic E-state index is 2.39. The van der Waals surface area contributed by atoms with Crippen LogP contribution >= 0.6 is 0 Å². The van der Waals surface area contributed by atoms with E-state index in [-0.39, 0.29) is 0 Å². The van der Waals surface area contributed by atoms with Crippen molar-refractivity contribution in [2.75, 3.05) is 9.80 Å². The summed E-state index contributed by atoms with van der Waals surface area (Å²) >= 11 is 0. The fourth-order valence-corrected chi connectivity index (χ4v) is 8.22. The lowest BCUT2D eigenvalue weighted by Crippen LogP contribution is -2.37. The van der Waals surface area contributed by atoms with Gasteiger partial charge in [-0.25, -0.2) is 0 Å². The lowest BCUT2D eigenvalue weighted by Gasteiger charge is -2.26. The average molecular weight is 713 g/mol. The quantitative estimate of drug-likeness (QED) is 0.130. The Morgan fingerprint density at radius 2 is 0.463 bits per heavy atom. The van der Waals surface area contributed by atoms with E-state index >= 15 is 0 Å². The summed E-state index contributed by atoms with van der Waals surface area (Å²) in [5, 5.41) is 1.47. The maximum absolute atomic E-state index is 2.39. The zero-order valence-electron chi connectivity index (χ0n) is 31.1. The van der Waals surface area contributed by atoms with Gasteiger partial charge in [-0.2, -0.15) is 0 Å². The number of hydrogen-bond donors (Lipinski definition) is 0. The van der Waals surface area contributed by atoms with Crippen LogP contribution < -0.4 is 15.0 Å². The molecule has 0 aliphatic carbocycles. The van der Waals surface area contributed by atoms with Crippen LogP contribution in [0.15, 0.2) is 212 Å². The molecule has 0 radical (unpaired) electrons. The summed E-state index contributed by atoms with van der Waals surface area (Å²) in [6, 6.07) is 76.4. The Labute approximate surface area is 321 Å². The second-order valence-corrected chi connectivity index (χ2v) is 19.8. The van der Waals surface area contributed by atoms with Crippen molar-refractivity contribution < 1.29 is 0 Å². The fraction of sp³-hybridized carbons (Fsp3) is 0.0588. The molecule has 0 spiro atoms. The molecule has 0 aliphatic heterocycles. The van der Waals surface area contributed by atoms with Gasteiger partial charge in [-0.15, -0.1) is 0 Å². The molecule has 0 bridgehead atoms. The summed E-state index contributed by atoms with van der Waals surface area (Å²) in [6.45, 7) is 7.18. The number of nitrogens with zero attached hydrogens (tertiary/aromatic N) is 2. The predicted octanol–water partition coefficient (Wildman–Crippen LogP) is 14.2. The van der Waals surface area contributed by atoms with Gasteiger partial charge in [-0.1, -0.05) is 164 Å². The number of benzene rings is 8. The van der Waals surface area contributed by atoms with E-state index < -0.39 is 8.07 Å². The second-order valence-electron chi connectivity index (χ2n) is 14.7. The number of hydrogen-bond acceptors (Lipinski definition) is 2. The van der Waals surface area contributed by atoms with E-state index in [2.05, 4.69) is 242 Å². The van der Waals surface area contributed by atoms with Crippen LogP contribution in [-0.4, -0.2) is 8.07 Å². The molecule has 0 heterocycles. The van der Waals surface area contributed by atoms with E-state index in [9.17, 15) is 0 Å². The maximum Gasteiger partial charge on any atom is 0.0775 e. The first-order valence-corrected chi connectivity index (χ1v) is 22.2. The highest BCUT2D eigenvalue weighted by Crippen LogP contribution is 2.38. The van der Waals surface area contributed by atoms with Gasteiger partial charge >= 0.3 is 0 Å². The Morgan fingerprint density at radius 3 is 0.759 bits per heavy atom. The van der Waals surface area contributed by atoms with Crippen molar-refractivity contribution >= 4 is 47.4 Å². The lowest BCUT2D eigenvalue weighted by atomic mass is 9.99. The minimum Gasteiger partial charge on any atom is -0.311 e. The molecule has 0 fully saturated rings. The highest BCUT2D eigenvalue weighted by atomic mass is 28.3. The van der Waals surface area contributed by atoms with E-state index in [1.54, 1.807) is 0 Å². The molecule has 0 aliphatic rings. The molecule has 0 aromatic heterocycles. The first kappa shape index (κ1) is 34.7. The van der Waals surface area contributed by atoms with Crippen molar-refractivity contribution in [2.24, 2.45) is 0 Å². The molecular formula is C51H44N2Si. The van der Waals surface area contributed by atoms with Gasteiger partial charge < -0.3 is 9.80 Å². The number of anilines is 6. The number of para-hydroxylation sites is 2. The molecule has 0 amide bonds. The molecule has 0 saturated carbocycles. The lowest BCUT2D eigenvalue weighted by molar-refractivity contribution is 1.28. The third kappa shape index (κ3) is 7.54. The smallest absolute Gasteiger partial charge is 0.0775 e. The fourth-order valence-electron chi connectivity index (χ4n) is 7.05. The van der Waals surface area contributed by atoms with Gasteiger partial charge in [-0.3, -0.25) is 0 Å². The molecule has 3 heteroatoms. The molecule has 2 nitrogen and oxygen atoms in total. The first-order valence-electron chi connectivity index (χ1n) is 18.7. The van der Waals surface area contributed by atoms with E-state index in [1.165, 1.54) is 44.3 Å². The van der Waals surface area contributed by atoms with Gasteiger partial charge in [-0.05, 0) is 106 Å². The van der Waals surface area contributed by atoms with Crippen molar-refractivity contribution in [1.29, 1.82) is 0 Å². The third-order valence-electron chi connectivity index (χ3n) is 10.1. The Morgan fingerprint density at radius 1 is 0.241 bits per heavy atom. The van der Waals surface area contributed by atoms with Gasteiger partial charge in [0.1, 0.15) is 0 Å². The molecule has 8 aromatic rings. The summed E-state index contributed by atoms with van der Waals surface area (Å²) in [4.78, 5) is 4.65. The van der Waals surface area contributed by atoms with Crippen molar-refractivity contribution in [1.82, 2.24) is 0 Å². The topological polar surface area (TPSA) is 6.48 Å². The minimum absolute atomic E-state index is 1.12. The summed E-state index contributed by atoms with van der Waals surface area (Å²) in [7, 11) is -1.38. The Balaban J connectivity index is 1.02. The molecule has 54 heavy (non-hydrogen) atoms. The predicted molar refractivity (Wildman–Crippen MR) is 235 cm³/mol. The summed E-state index contributed by atoms with van der Waals surface area (Å²) in [6.07, 6.45) is 0. The molecule has 262 valence electrons. The van der Waals surface area contributed by atoms with Crippen LogP contribution in [-0.2, 0) is 0 Å². The Kier molecular flexibility index (Phi) is 9.80. The zero-order chi connectivity index (χ0) is 36.9. The van der Waals surface area contributed by atoms with E-state index in [0.29, 0.717) is 0 Å². The summed E-state index contributed by atoms with van der Waals surface area (Å²) in [5.74, 6) is 0. The van der Waals surface area contributed by atoms with Gasteiger partial charge in [0.15, 0.2) is 0 Å². The van der Waals surface area contributed by atoms with Crippen LogP contribution in [0, 0.1) is 0 Å². The normalized spacial score (nSPS) is 11.2. The molecule has 0 N–H and O–H groups in total. The highest BCUT2D eigenvalue weighted by molar-refractivity contribution is 6.88. The van der Waals surface area contributed by atoms with Crippen molar-refractivity contribution in [3.05, 3.63) is 212 Å². The molecule has 8 aromatic carbocycles. The van der Waals surface area contributed by atoms with Crippen molar-refractivity contribution in [3.63, 3.8) is 0 Å². The van der Waals surface area contributed by atoms with Gasteiger partial charge in [0.2, 0.25) is 0 Å². The SMILES string of the molecule is C[Si](C)(C)c1ccc(N(c2ccccc2)c2ccc(-c3ccc(-c4ccc(N(c5ccccc5)c5ccc(-c6ccccc6)cc5)cc4)cc3)cc2)cc1.